The minimum absolute atomic E-state index is 0.00624. The van der Waals surface area contributed by atoms with Gasteiger partial charge in [0.15, 0.2) is 12.4 Å². The lowest BCUT2D eigenvalue weighted by Crippen LogP contribution is -2.44. The summed E-state index contributed by atoms with van der Waals surface area (Å²) in [4.78, 5) is 61.7. The van der Waals surface area contributed by atoms with Crippen LogP contribution in [-0.4, -0.2) is 64.2 Å². The third-order valence-corrected chi connectivity index (χ3v) is 8.57. The maximum atomic E-state index is 12.9. The van der Waals surface area contributed by atoms with Gasteiger partial charge in [0.2, 0.25) is 17.7 Å². The molecular weight excluding hydrogens is 715 g/mol. The van der Waals surface area contributed by atoms with Gasteiger partial charge in [-0.25, -0.2) is 0 Å². The number of carbonyl (C=O) groups is 4. The molecule has 3 aromatic carbocycles. The monoisotopic (exact) mass is 751 g/mol. The average molecular weight is 752 g/mol. The smallest absolute Gasteiger partial charge is 0.422 e. The van der Waals surface area contributed by atoms with Crippen LogP contribution in [0.15, 0.2) is 72.8 Å². The Labute approximate surface area is 308 Å². The molecule has 0 bridgehead atoms. The van der Waals surface area contributed by atoms with Gasteiger partial charge in [0.05, 0.1) is 5.54 Å². The summed E-state index contributed by atoms with van der Waals surface area (Å²) in [5, 5.41) is 12.1. The number of ketones is 2. The fraction of sp³-hybridized carbons (Fsp3) is 0.324. The van der Waals surface area contributed by atoms with E-state index in [0.717, 1.165) is 18.4 Å². The first-order chi connectivity index (χ1) is 25.0. The molecule has 16 heteroatoms. The van der Waals surface area contributed by atoms with Crippen LogP contribution in [0.3, 0.4) is 0 Å². The molecular formula is C37H37ClF3N7O5. The molecule has 1 heterocycles. The van der Waals surface area contributed by atoms with Crippen LogP contribution in [-0.2, 0) is 21.5 Å². The summed E-state index contributed by atoms with van der Waals surface area (Å²) in [6, 6.07) is 19.3. The van der Waals surface area contributed by atoms with E-state index in [1.807, 2.05) is 26.0 Å². The lowest BCUT2D eigenvalue weighted by atomic mass is 9.93. The van der Waals surface area contributed by atoms with Crippen molar-refractivity contribution in [3.8, 4) is 6.01 Å². The number of hydrogen-bond donors (Lipinski definition) is 4. The van der Waals surface area contributed by atoms with Crippen molar-refractivity contribution in [1.29, 1.82) is 0 Å². The van der Waals surface area contributed by atoms with Gasteiger partial charge in [-0.1, -0.05) is 61.8 Å². The van der Waals surface area contributed by atoms with Gasteiger partial charge >= 0.3 is 12.2 Å². The average Bonchev–Trinajstić information content (AvgIpc) is 3.89. The molecule has 1 aliphatic rings. The minimum Gasteiger partial charge on any atom is -0.454 e. The molecule has 278 valence electrons. The lowest BCUT2D eigenvalue weighted by Gasteiger charge is -2.25. The highest BCUT2D eigenvalue weighted by molar-refractivity contribution is 6.36. The van der Waals surface area contributed by atoms with Crippen LogP contribution in [0, 0.1) is 5.41 Å². The van der Waals surface area contributed by atoms with E-state index in [9.17, 15) is 32.3 Å². The topological polar surface area (TPSA) is 164 Å². The standard InChI is InChI=1S/C37H37ClF3N7O5/c1-22(49)24-6-4-23(5-7-24)18-29(50)31(52)43-20-35(2,3)19-42-30(51)25-8-14-28(15-9-25)44-32-45-33(47-34(46-32)53-21-37(39,40)41)48-36(16-17-36)26-10-12-27(38)13-11-26/h4-15H,16-21H2,1-3H3,(H,42,51)(H,43,52)(H2,44,45,46,47,48). The molecule has 1 aliphatic carbocycles. The van der Waals surface area contributed by atoms with E-state index >= 15 is 0 Å². The predicted octanol–water partition coefficient (Wildman–Crippen LogP) is 6.20. The summed E-state index contributed by atoms with van der Waals surface area (Å²) < 4.78 is 43.6. The first-order valence-electron chi connectivity index (χ1n) is 16.6. The molecule has 2 amide bonds. The van der Waals surface area contributed by atoms with Crippen LogP contribution in [0.25, 0.3) is 0 Å². The highest BCUT2D eigenvalue weighted by Gasteiger charge is 2.45. The van der Waals surface area contributed by atoms with Crippen molar-refractivity contribution in [1.82, 2.24) is 25.6 Å². The van der Waals surface area contributed by atoms with Crippen molar-refractivity contribution in [2.24, 2.45) is 5.41 Å². The number of Topliss-reactive ketones (excluding diaryl/α,β-unsaturated/α-hetero) is 2. The molecule has 0 unspecified atom stereocenters. The van der Waals surface area contributed by atoms with Crippen molar-refractivity contribution < 1.29 is 37.1 Å². The zero-order valence-electron chi connectivity index (χ0n) is 29.1. The second-order valence-electron chi connectivity index (χ2n) is 13.5. The van der Waals surface area contributed by atoms with Gasteiger partial charge in [-0.05, 0) is 72.7 Å². The predicted molar refractivity (Wildman–Crippen MR) is 191 cm³/mol. The minimum atomic E-state index is -4.61. The number of nitrogens with zero attached hydrogens (tertiary/aromatic N) is 3. The summed E-state index contributed by atoms with van der Waals surface area (Å²) in [6.45, 7) is 3.76. The van der Waals surface area contributed by atoms with Gasteiger partial charge in [0.1, 0.15) is 0 Å². The molecule has 4 aromatic rings. The molecule has 1 fully saturated rings. The first kappa shape index (κ1) is 38.7. The van der Waals surface area contributed by atoms with Crippen molar-refractivity contribution in [2.75, 3.05) is 30.3 Å². The number of aromatic nitrogens is 3. The molecule has 53 heavy (non-hydrogen) atoms. The maximum Gasteiger partial charge on any atom is 0.422 e. The first-order valence-corrected chi connectivity index (χ1v) is 16.9. The van der Waals surface area contributed by atoms with E-state index in [2.05, 4.69) is 36.2 Å². The Kier molecular flexibility index (Phi) is 11.7. The number of ether oxygens (including phenoxy) is 1. The number of halogens is 4. The van der Waals surface area contributed by atoms with Gasteiger partial charge in [-0.2, -0.15) is 28.1 Å². The molecule has 5 rings (SSSR count). The quantitative estimate of drug-likeness (QED) is 0.0766. The molecule has 0 aliphatic heterocycles. The summed E-state index contributed by atoms with van der Waals surface area (Å²) in [6.07, 6.45) is -3.26. The Bertz CT molecular complexity index is 1970. The number of rotatable bonds is 16. The third kappa shape index (κ3) is 11.2. The van der Waals surface area contributed by atoms with Crippen LogP contribution < -0.4 is 26.0 Å². The molecule has 4 N–H and O–H groups in total. The SMILES string of the molecule is CC(=O)c1ccc(CC(=O)C(=O)NCC(C)(C)CNC(=O)c2ccc(Nc3nc(NC4(c5ccc(Cl)cc5)CC4)nc(OCC(F)(F)F)n3)cc2)cc1. The summed E-state index contributed by atoms with van der Waals surface area (Å²) in [7, 11) is 0. The van der Waals surface area contributed by atoms with Crippen molar-refractivity contribution in [3.63, 3.8) is 0 Å². The Hall–Kier alpha value is -5.57. The van der Waals surface area contributed by atoms with E-state index < -0.39 is 47.3 Å². The number of amides is 2. The van der Waals surface area contributed by atoms with Gasteiger partial charge < -0.3 is 26.0 Å². The summed E-state index contributed by atoms with van der Waals surface area (Å²) in [5.74, 6) is -1.96. The van der Waals surface area contributed by atoms with Gasteiger partial charge in [-0.3, -0.25) is 19.2 Å². The van der Waals surface area contributed by atoms with Crippen molar-refractivity contribution in [3.05, 3.63) is 100 Å². The van der Waals surface area contributed by atoms with Crippen molar-refractivity contribution in [2.45, 2.75) is 51.7 Å². The summed E-state index contributed by atoms with van der Waals surface area (Å²) >= 11 is 6.03. The zero-order valence-corrected chi connectivity index (χ0v) is 29.8. The molecule has 12 nitrogen and oxygen atoms in total. The number of benzene rings is 3. The van der Waals surface area contributed by atoms with E-state index in [1.54, 1.807) is 48.5 Å². The van der Waals surface area contributed by atoms with Gasteiger partial charge in [-0.15, -0.1) is 0 Å². The Morgan fingerprint density at radius 1 is 0.811 bits per heavy atom. The third-order valence-electron chi connectivity index (χ3n) is 8.31. The van der Waals surface area contributed by atoms with Crippen LogP contribution in [0.5, 0.6) is 6.01 Å². The number of anilines is 3. The highest BCUT2D eigenvalue weighted by atomic mass is 35.5. The van der Waals surface area contributed by atoms with Crippen LogP contribution in [0.4, 0.5) is 30.8 Å². The molecule has 1 saturated carbocycles. The molecule has 0 radical (unpaired) electrons. The molecule has 1 aromatic heterocycles. The lowest BCUT2D eigenvalue weighted by molar-refractivity contribution is -0.154. The Morgan fingerprint density at radius 2 is 1.42 bits per heavy atom. The second-order valence-corrected chi connectivity index (χ2v) is 13.9. The van der Waals surface area contributed by atoms with E-state index in [0.29, 0.717) is 27.4 Å². The largest absolute Gasteiger partial charge is 0.454 e. The molecule has 0 atom stereocenters. The number of carbonyl (C=O) groups excluding carboxylic acids is 4. The molecule has 0 saturated heterocycles. The number of hydrogen-bond acceptors (Lipinski definition) is 10. The van der Waals surface area contributed by atoms with Crippen molar-refractivity contribution >= 4 is 52.6 Å². The Morgan fingerprint density at radius 3 is 2.02 bits per heavy atom. The zero-order chi connectivity index (χ0) is 38.4. The van der Waals surface area contributed by atoms with E-state index in [-0.39, 0.29) is 37.2 Å². The second kappa shape index (κ2) is 16.0. The van der Waals surface area contributed by atoms with E-state index in [1.165, 1.54) is 19.1 Å². The van der Waals surface area contributed by atoms with Crippen LogP contribution >= 0.6 is 11.6 Å². The normalized spacial score (nSPS) is 13.4. The maximum absolute atomic E-state index is 12.9. The van der Waals surface area contributed by atoms with E-state index in [4.69, 9.17) is 16.3 Å². The Balaban J connectivity index is 1.16. The van der Waals surface area contributed by atoms with Crippen LogP contribution in [0.2, 0.25) is 5.02 Å². The fourth-order valence-corrected chi connectivity index (χ4v) is 5.26. The van der Waals surface area contributed by atoms with Gasteiger partial charge in [0.25, 0.3) is 11.8 Å². The molecule has 0 spiro atoms. The summed E-state index contributed by atoms with van der Waals surface area (Å²) in [5.41, 5.74) is 1.64. The van der Waals surface area contributed by atoms with Gasteiger partial charge in [0, 0.05) is 41.3 Å². The highest BCUT2D eigenvalue weighted by Crippen LogP contribution is 2.48. The number of alkyl halides is 3. The fourth-order valence-electron chi connectivity index (χ4n) is 5.13. The number of nitrogens with one attached hydrogen (secondary N) is 4. The van der Waals surface area contributed by atoms with Crippen LogP contribution in [0.1, 0.15) is 65.5 Å².